The lowest BCUT2D eigenvalue weighted by molar-refractivity contribution is -0.139. The molecule has 0 aromatic heterocycles. The van der Waals surface area contributed by atoms with Gasteiger partial charge in [-0.2, -0.15) is 0 Å². The molecule has 1 heterocycles. The number of carbonyl (C=O) groups excluding carboxylic acids is 1. The van der Waals surface area contributed by atoms with Gasteiger partial charge in [0, 0.05) is 11.6 Å². The molecule has 0 aliphatic carbocycles. The highest BCUT2D eigenvalue weighted by molar-refractivity contribution is 6.35. The van der Waals surface area contributed by atoms with Crippen LogP contribution in [0, 0.1) is 0 Å². The summed E-state index contributed by atoms with van der Waals surface area (Å²) in [5.74, 6) is -1.30. The zero-order valence-corrected chi connectivity index (χ0v) is 12.0. The summed E-state index contributed by atoms with van der Waals surface area (Å²) in [6.07, 6.45) is -0.163. The van der Waals surface area contributed by atoms with Crippen LogP contribution in [-0.4, -0.2) is 47.7 Å². The Morgan fingerprint density at radius 1 is 1.40 bits per heavy atom. The van der Waals surface area contributed by atoms with Gasteiger partial charge in [-0.15, -0.1) is 0 Å². The van der Waals surface area contributed by atoms with Crippen LogP contribution in [0.1, 0.15) is 16.8 Å². The standard InChI is InChI=1S/C13H13Cl2NO4/c14-8-1-2-11(15)10(5-8)13(19)16-3-4-20-7-9(16)6-12(17)18/h1-2,5,9H,3-4,6-7H2,(H,17,18). The Kier molecular flexibility index (Phi) is 4.86. The van der Waals surface area contributed by atoms with E-state index in [0.717, 1.165) is 0 Å². The number of amides is 1. The molecule has 2 rings (SSSR count). The minimum atomic E-state index is -0.976. The summed E-state index contributed by atoms with van der Waals surface area (Å²) in [6.45, 7) is 0.913. The minimum absolute atomic E-state index is 0.163. The van der Waals surface area contributed by atoms with Gasteiger partial charge in [0.25, 0.3) is 5.91 Å². The number of hydrogen-bond donors (Lipinski definition) is 1. The molecule has 108 valence electrons. The van der Waals surface area contributed by atoms with E-state index in [0.29, 0.717) is 23.2 Å². The molecule has 0 radical (unpaired) electrons. The summed E-state index contributed by atoms with van der Waals surface area (Å²) in [4.78, 5) is 24.8. The molecule has 7 heteroatoms. The summed E-state index contributed by atoms with van der Waals surface area (Å²) in [6, 6.07) is 4.13. The maximum absolute atomic E-state index is 12.5. The van der Waals surface area contributed by atoms with Gasteiger partial charge in [0.2, 0.25) is 0 Å². The van der Waals surface area contributed by atoms with E-state index >= 15 is 0 Å². The molecular weight excluding hydrogens is 305 g/mol. The van der Waals surface area contributed by atoms with Crippen molar-refractivity contribution >= 4 is 35.1 Å². The van der Waals surface area contributed by atoms with E-state index in [1.165, 1.54) is 11.0 Å². The largest absolute Gasteiger partial charge is 0.481 e. The van der Waals surface area contributed by atoms with E-state index in [9.17, 15) is 9.59 Å². The Bertz CT molecular complexity index is 535. The fourth-order valence-electron chi connectivity index (χ4n) is 2.11. The van der Waals surface area contributed by atoms with E-state index in [1.807, 2.05) is 0 Å². The van der Waals surface area contributed by atoms with Crippen LogP contribution in [0.5, 0.6) is 0 Å². The van der Waals surface area contributed by atoms with Crippen LogP contribution in [0.2, 0.25) is 10.0 Å². The fraction of sp³-hybridized carbons (Fsp3) is 0.385. The molecule has 0 saturated carbocycles. The van der Waals surface area contributed by atoms with Gasteiger partial charge in [-0.3, -0.25) is 9.59 Å². The average Bonchev–Trinajstić information content (AvgIpc) is 2.41. The molecule has 1 aliphatic rings. The Balaban J connectivity index is 2.25. The topological polar surface area (TPSA) is 66.8 Å². The Morgan fingerprint density at radius 2 is 2.15 bits per heavy atom. The second-order valence-corrected chi connectivity index (χ2v) is 5.29. The Hall–Kier alpha value is -1.30. The molecule has 0 bridgehead atoms. The summed E-state index contributed by atoms with van der Waals surface area (Å²) >= 11 is 11.9. The van der Waals surface area contributed by atoms with Crippen molar-refractivity contribution in [2.75, 3.05) is 19.8 Å². The van der Waals surface area contributed by atoms with Crippen LogP contribution < -0.4 is 0 Å². The third-order valence-corrected chi connectivity index (χ3v) is 3.62. The molecule has 1 aromatic carbocycles. The lowest BCUT2D eigenvalue weighted by Gasteiger charge is -2.35. The number of carboxylic acid groups (broad SMARTS) is 1. The quantitative estimate of drug-likeness (QED) is 0.929. The predicted molar refractivity (Wildman–Crippen MR) is 74.4 cm³/mol. The van der Waals surface area contributed by atoms with Gasteiger partial charge in [-0.1, -0.05) is 23.2 Å². The van der Waals surface area contributed by atoms with E-state index < -0.39 is 12.0 Å². The number of ether oxygens (including phenoxy) is 1. The van der Waals surface area contributed by atoms with Crippen molar-refractivity contribution in [2.45, 2.75) is 12.5 Å². The summed E-state index contributed by atoms with van der Waals surface area (Å²) < 4.78 is 5.24. The Labute approximate surface area is 126 Å². The first-order valence-corrected chi connectivity index (χ1v) is 6.80. The third kappa shape index (κ3) is 3.42. The normalized spacial score (nSPS) is 18.9. The number of halogens is 2. The maximum atomic E-state index is 12.5. The third-order valence-electron chi connectivity index (χ3n) is 3.06. The second kappa shape index (κ2) is 6.43. The molecule has 1 atom stereocenters. The van der Waals surface area contributed by atoms with Crippen LogP contribution in [0.4, 0.5) is 0 Å². The van der Waals surface area contributed by atoms with Crippen molar-refractivity contribution < 1.29 is 19.4 Å². The molecule has 1 unspecified atom stereocenters. The molecule has 20 heavy (non-hydrogen) atoms. The molecule has 5 nitrogen and oxygen atoms in total. The zero-order chi connectivity index (χ0) is 14.7. The summed E-state index contributed by atoms with van der Waals surface area (Å²) in [5.41, 5.74) is 0.274. The maximum Gasteiger partial charge on any atom is 0.305 e. The van der Waals surface area contributed by atoms with Gasteiger partial charge in [-0.25, -0.2) is 0 Å². The number of morpholine rings is 1. The minimum Gasteiger partial charge on any atom is -0.481 e. The summed E-state index contributed by atoms with van der Waals surface area (Å²) in [7, 11) is 0. The van der Waals surface area contributed by atoms with E-state index in [4.69, 9.17) is 33.0 Å². The van der Waals surface area contributed by atoms with Crippen molar-refractivity contribution in [1.82, 2.24) is 4.90 Å². The molecule has 1 saturated heterocycles. The molecule has 0 spiro atoms. The summed E-state index contributed by atoms with van der Waals surface area (Å²) in [5, 5.41) is 9.59. The van der Waals surface area contributed by atoms with E-state index in [-0.39, 0.29) is 24.5 Å². The van der Waals surface area contributed by atoms with Gasteiger partial charge >= 0.3 is 5.97 Å². The molecule has 1 amide bonds. The van der Waals surface area contributed by atoms with Crippen molar-refractivity contribution in [3.05, 3.63) is 33.8 Å². The first-order chi connectivity index (χ1) is 9.49. The smallest absolute Gasteiger partial charge is 0.305 e. The fourth-order valence-corrected chi connectivity index (χ4v) is 2.48. The SMILES string of the molecule is O=C(O)CC1COCCN1C(=O)c1cc(Cl)ccc1Cl. The zero-order valence-electron chi connectivity index (χ0n) is 10.5. The molecule has 1 aliphatic heterocycles. The van der Waals surface area contributed by atoms with Gasteiger partial charge in [0.15, 0.2) is 0 Å². The molecular formula is C13H13Cl2NO4. The number of rotatable bonds is 3. The number of benzene rings is 1. The predicted octanol–water partition coefficient (Wildman–Crippen LogP) is 2.31. The number of hydrogen-bond acceptors (Lipinski definition) is 3. The second-order valence-electron chi connectivity index (χ2n) is 4.45. The van der Waals surface area contributed by atoms with E-state index in [1.54, 1.807) is 12.1 Å². The molecule has 1 aromatic rings. The molecule has 1 fully saturated rings. The van der Waals surface area contributed by atoms with Gasteiger partial charge in [-0.05, 0) is 18.2 Å². The Morgan fingerprint density at radius 3 is 2.85 bits per heavy atom. The average molecular weight is 318 g/mol. The first kappa shape index (κ1) is 15.1. The number of carbonyl (C=O) groups is 2. The number of nitrogens with zero attached hydrogens (tertiary/aromatic N) is 1. The van der Waals surface area contributed by atoms with Gasteiger partial charge < -0.3 is 14.7 Å². The van der Waals surface area contributed by atoms with Crippen LogP contribution >= 0.6 is 23.2 Å². The van der Waals surface area contributed by atoms with Crippen LogP contribution in [0.25, 0.3) is 0 Å². The van der Waals surface area contributed by atoms with Gasteiger partial charge in [0.1, 0.15) is 0 Å². The van der Waals surface area contributed by atoms with Gasteiger partial charge in [0.05, 0.1) is 36.3 Å². The van der Waals surface area contributed by atoms with Crippen molar-refractivity contribution in [3.8, 4) is 0 Å². The van der Waals surface area contributed by atoms with Crippen molar-refractivity contribution in [3.63, 3.8) is 0 Å². The lowest BCUT2D eigenvalue weighted by atomic mass is 10.1. The van der Waals surface area contributed by atoms with Crippen LogP contribution in [-0.2, 0) is 9.53 Å². The van der Waals surface area contributed by atoms with E-state index in [2.05, 4.69) is 0 Å². The van der Waals surface area contributed by atoms with Crippen LogP contribution in [0.15, 0.2) is 18.2 Å². The first-order valence-electron chi connectivity index (χ1n) is 6.04. The highest BCUT2D eigenvalue weighted by atomic mass is 35.5. The molecule has 1 N–H and O–H groups in total. The number of aliphatic carboxylic acids is 1. The highest BCUT2D eigenvalue weighted by Gasteiger charge is 2.30. The highest BCUT2D eigenvalue weighted by Crippen LogP contribution is 2.24. The van der Waals surface area contributed by atoms with Crippen molar-refractivity contribution in [1.29, 1.82) is 0 Å². The van der Waals surface area contributed by atoms with Crippen LogP contribution in [0.3, 0.4) is 0 Å². The van der Waals surface area contributed by atoms with Crippen molar-refractivity contribution in [2.24, 2.45) is 0 Å². The monoisotopic (exact) mass is 317 g/mol. The number of carboxylic acids is 1. The lowest BCUT2D eigenvalue weighted by Crippen LogP contribution is -2.49.